The van der Waals surface area contributed by atoms with E-state index in [4.69, 9.17) is 10.7 Å². The van der Waals surface area contributed by atoms with Crippen LogP contribution < -0.4 is 5.32 Å². The number of rotatable bonds is 2. The molecule has 0 aliphatic carbocycles. The minimum Gasteiger partial charge on any atom is -0.504 e. The summed E-state index contributed by atoms with van der Waals surface area (Å²) in [6.45, 7) is 8.67. The second kappa shape index (κ2) is 5.26. The van der Waals surface area contributed by atoms with E-state index in [0.29, 0.717) is 11.1 Å². The first-order chi connectivity index (χ1) is 8.85. The zero-order valence-corrected chi connectivity index (χ0v) is 13.6. The van der Waals surface area contributed by atoms with Gasteiger partial charge in [-0.25, -0.2) is 8.42 Å². The summed E-state index contributed by atoms with van der Waals surface area (Å²) in [6, 6.07) is 1.35. The zero-order valence-electron chi connectivity index (χ0n) is 12.0. The molecule has 0 aliphatic heterocycles. The van der Waals surface area contributed by atoms with Gasteiger partial charge in [0.25, 0.3) is 9.05 Å². The second-order valence-corrected chi connectivity index (χ2v) is 8.17. The molecule has 1 aromatic rings. The molecule has 0 aromatic heterocycles. The third-order valence-corrected chi connectivity index (χ3v) is 4.23. The number of amides is 1. The number of hydrogen-bond acceptors (Lipinski definition) is 4. The van der Waals surface area contributed by atoms with Gasteiger partial charge in [0.15, 0.2) is 5.75 Å². The molecule has 0 saturated heterocycles. The summed E-state index contributed by atoms with van der Waals surface area (Å²) in [4.78, 5) is 10.8. The molecule has 20 heavy (non-hydrogen) atoms. The zero-order chi connectivity index (χ0) is 15.9. The van der Waals surface area contributed by atoms with Crippen LogP contribution in [0, 0.1) is 6.92 Å². The minimum absolute atomic E-state index is 0.0733. The van der Waals surface area contributed by atoms with Crippen molar-refractivity contribution in [2.45, 2.75) is 44.9 Å². The maximum absolute atomic E-state index is 11.6. The van der Waals surface area contributed by atoms with Gasteiger partial charge in [0.1, 0.15) is 4.90 Å². The number of hydrogen-bond donors (Lipinski definition) is 2. The highest BCUT2D eigenvalue weighted by molar-refractivity contribution is 8.13. The lowest BCUT2D eigenvalue weighted by molar-refractivity contribution is -0.114. The standard InChI is InChI=1S/C13H18ClNO4S/c1-7-9(13(3,4)5)6-10(20(14,18)19)12(17)11(7)15-8(2)16/h6,17H,1-5H3,(H,15,16). The van der Waals surface area contributed by atoms with E-state index in [-0.39, 0.29) is 11.1 Å². The number of nitrogens with one attached hydrogen (secondary N) is 1. The normalized spacial score (nSPS) is 12.3. The number of halogens is 1. The molecule has 0 atom stereocenters. The van der Waals surface area contributed by atoms with Gasteiger partial charge in [-0.2, -0.15) is 0 Å². The predicted molar refractivity (Wildman–Crippen MR) is 78.9 cm³/mol. The maximum atomic E-state index is 11.6. The van der Waals surface area contributed by atoms with Crippen molar-refractivity contribution in [3.8, 4) is 5.75 Å². The Kier molecular flexibility index (Phi) is 4.41. The van der Waals surface area contributed by atoms with Crippen molar-refractivity contribution >= 4 is 31.3 Å². The van der Waals surface area contributed by atoms with Crippen molar-refractivity contribution in [3.63, 3.8) is 0 Å². The minimum atomic E-state index is -4.12. The fourth-order valence-electron chi connectivity index (χ4n) is 2.04. The van der Waals surface area contributed by atoms with E-state index in [1.165, 1.54) is 13.0 Å². The van der Waals surface area contributed by atoms with Crippen LogP contribution in [0.15, 0.2) is 11.0 Å². The summed E-state index contributed by atoms with van der Waals surface area (Å²) >= 11 is 0. The summed E-state index contributed by atoms with van der Waals surface area (Å²) in [5.41, 5.74) is 0.984. The Balaban J connectivity index is 3.79. The van der Waals surface area contributed by atoms with Crippen LogP contribution >= 0.6 is 10.7 Å². The fraction of sp³-hybridized carbons (Fsp3) is 0.462. The van der Waals surface area contributed by atoms with Crippen molar-refractivity contribution in [1.29, 1.82) is 0 Å². The average molecular weight is 320 g/mol. The highest BCUT2D eigenvalue weighted by atomic mass is 35.7. The molecule has 0 aliphatic rings. The van der Waals surface area contributed by atoms with Crippen LogP contribution in [0.2, 0.25) is 0 Å². The summed E-state index contributed by atoms with van der Waals surface area (Å²) in [7, 11) is 1.23. The van der Waals surface area contributed by atoms with Crippen LogP contribution in [-0.2, 0) is 19.3 Å². The van der Waals surface area contributed by atoms with Gasteiger partial charge in [-0.3, -0.25) is 4.79 Å². The number of phenols is 1. The van der Waals surface area contributed by atoms with E-state index < -0.39 is 25.6 Å². The summed E-state index contributed by atoms with van der Waals surface area (Å²) < 4.78 is 23.1. The van der Waals surface area contributed by atoms with Gasteiger partial charge in [0.05, 0.1) is 5.69 Å². The van der Waals surface area contributed by atoms with Crippen molar-refractivity contribution in [2.24, 2.45) is 0 Å². The molecule has 112 valence electrons. The number of anilines is 1. The van der Waals surface area contributed by atoms with Gasteiger partial charge < -0.3 is 10.4 Å². The molecule has 1 aromatic carbocycles. The van der Waals surface area contributed by atoms with E-state index in [0.717, 1.165) is 0 Å². The number of benzene rings is 1. The molecule has 5 nitrogen and oxygen atoms in total. The molecule has 0 saturated carbocycles. The lowest BCUT2D eigenvalue weighted by atomic mass is 9.83. The monoisotopic (exact) mass is 319 g/mol. The van der Waals surface area contributed by atoms with Crippen molar-refractivity contribution in [3.05, 3.63) is 17.2 Å². The molecule has 1 amide bonds. The Morgan fingerprint density at radius 2 is 1.85 bits per heavy atom. The van der Waals surface area contributed by atoms with E-state index in [1.807, 2.05) is 20.8 Å². The molecular formula is C13H18ClNO4S. The Labute approximate surface area is 123 Å². The summed E-state index contributed by atoms with van der Waals surface area (Å²) in [6.07, 6.45) is 0. The first kappa shape index (κ1) is 16.8. The van der Waals surface area contributed by atoms with Gasteiger partial charge in [-0.15, -0.1) is 0 Å². The molecule has 7 heteroatoms. The van der Waals surface area contributed by atoms with Gasteiger partial charge in [-0.1, -0.05) is 20.8 Å². The van der Waals surface area contributed by atoms with E-state index in [2.05, 4.69) is 5.32 Å². The van der Waals surface area contributed by atoms with E-state index >= 15 is 0 Å². The first-order valence-corrected chi connectivity index (χ1v) is 8.26. The van der Waals surface area contributed by atoms with Crippen LogP contribution in [-0.4, -0.2) is 19.4 Å². The predicted octanol–water partition coefficient (Wildman–Crippen LogP) is 2.88. The van der Waals surface area contributed by atoms with Crippen molar-refractivity contribution < 1.29 is 18.3 Å². The molecule has 0 spiro atoms. The topological polar surface area (TPSA) is 83.5 Å². The first-order valence-electron chi connectivity index (χ1n) is 5.95. The molecule has 0 unspecified atom stereocenters. The highest BCUT2D eigenvalue weighted by Crippen LogP contribution is 2.41. The smallest absolute Gasteiger partial charge is 0.265 e. The molecule has 2 N–H and O–H groups in total. The molecule has 0 radical (unpaired) electrons. The SMILES string of the molecule is CC(=O)Nc1c(C)c(C(C)(C)C)cc(S(=O)(=O)Cl)c1O. The average Bonchev–Trinajstić information content (AvgIpc) is 2.19. The van der Waals surface area contributed by atoms with Crippen LogP contribution in [0.3, 0.4) is 0 Å². The quantitative estimate of drug-likeness (QED) is 0.648. The van der Waals surface area contributed by atoms with Crippen molar-refractivity contribution in [2.75, 3.05) is 5.32 Å². The summed E-state index contributed by atoms with van der Waals surface area (Å²) in [5.74, 6) is -0.951. The van der Waals surface area contributed by atoms with Gasteiger partial charge >= 0.3 is 0 Å². The molecule has 0 fully saturated rings. The molecule has 0 heterocycles. The van der Waals surface area contributed by atoms with E-state index in [9.17, 15) is 18.3 Å². The number of carbonyl (C=O) groups excluding carboxylic acids is 1. The van der Waals surface area contributed by atoms with Crippen LogP contribution in [0.25, 0.3) is 0 Å². The van der Waals surface area contributed by atoms with Crippen LogP contribution in [0.5, 0.6) is 5.75 Å². The second-order valence-electron chi connectivity index (χ2n) is 5.64. The van der Waals surface area contributed by atoms with E-state index in [1.54, 1.807) is 6.92 Å². The number of aromatic hydroxyl groups is 1. The molecular weight excluding hydrogens is 302 g/mol. The lowest BCUT2D eigenvalue weighted by Gasteiger charge is -2.25. The maximum Gasteiger partial charge on any atom is 0.265 e. The third-order valence-electron chi connectivity index (χ3n) is 2.90. The number of carbonyl (C=O) groups is 1. The lowest BCUT2D eigenvalue weighted by Crippen LogP contribution is -2.17. The van der Waals surface area contributed by atoms with Gasteiger partial charge in [0, 0.05) is 17.6 Å². The Hall–Kier alpha value is -1.27. The molecule has 1 rings (SSSR count). The van der Waals surface area contributed by atoms with Gasteiger partial charge in [-0.05, 0) is 29.5 Å². The highest BCUT2D eigenvalue weighted by Gasteiger charge is 2.27. The summed E-state index contributed by atoms with van der Waals surface area (Å²) in [5, 5.41) is 12.5. The van der Waals surface area contributed by atoms with Crippen LogP contribution in [0.4, 0.5) is 5.69 Å². The largest absolute Gasteiger partial charge is 0.504 e. The Morgan fingerprint density at radius 1 is 1.35 bits per heavy atom. The Morgan fingerprint density at radius 3 is 2.20 bits per heavy atom. The van der Waals surface area contributed by atoms with Gasteiger partial charge in [0.2, 0.25) is 5.91 Å². The Bertz CT molecular complexity index is 660. The molecule has 0 bridgehead atoms. The fourth-order valence-corrected chi connectivity index (χ4v) is 2.98. The van der Waals surface area contributed by atoms with Crippen LogP contribution in [0.1, 0.15) is 38.8 Å². The number of phenolic OH excluding ortho intramolecular Hbond substituents is 1. The van der Waals surface area contributed by atoms with Crippen molar-refractivity contribution in [1.82, 2.24) is 0 Å². The third kappa shape index (κ3) is 3.43.